The molecule has 2 rings (SSSR count). The van der Waals surface area contributed by atoms with Crippen molar-refractivity contribution in [3.63, 3.8) is 0 Å². The third-order valence-corrected chi connectivity index (χ3v) is 4.99. The molecule has 1 N–H and O–H groups in total. The number of nitrogens with one attached hydrogen (secondary N) is 1. The summed E-state index contributed by atoms with van der Waals surface area (Å²) in [5, 5.41) is 3.51. The van der Waals surface area contributed by atoms with Gasteiger partial charge in [-0.25, -0.2) is 0 Å². The van der Waals surface area contributed by atoms with Gasteiger partial charge >= 0.3 is 0 Å². The fourth-order valence-electron chi connectivity index (χ4n) is 3.82. The molecule has 0 spiro atoms. The zero-order valence-corrected chi connectivity index (χ0v) is 14.0. The third-order valence-electron chi connectivity index (χ3n) is 4.99. The SMILES string of the molecule is CCCC1CCN(CC(C)C(NC)c2ccccc2)CC1. The zero-order chi connectivity index (χ0) is 15.1. The lowest BCUT2D eigenvalue weighted by Crippen LogP contribution is -2.39. The molecule has 1 saturated heterocycles. The topological polar surface area (TPSA) is 15.3 Å². The molecule has 0 bridgehead atoms. The van der Waals surface area contributed by atoms with Crippen LogP contribution in [0.5, 0.6) is 0 Å². The van der Waals surface area contributed by atoms with E-state index in [1.165, 1.54) is 50.9 Å². The lowest BCUT2D eigenvalue weighted by Gasteiger charge is -2.35. The molecule has 1 aromatic carbocycles. The smallest absolute Gasteiger partial charge is 0.0355 e. The summed E-state index contributed by atoms with van der Waals surface area (Å²) in [6, 6.07) is 11.3. The summed E-state index contributed by atoms with van der Waals surface area (Å²) in [6.45, 7) is 8.48. The Morgan fingerprint density at radius 1 is 1.19 bits per heavy atom. The Morgan fingerprint density at radius 2 is 1.86 bits per heavy atom. The van der Waals surface area contributed by atoms with Gasteiger partial charge in [-0.2, -0.15) is 0 Å². The molecule has 1 fully saturated rings. The Balaban J connectivity index is 1.85. The van der Waals surface area contributed by atoms with E-state index in [1.54, 1.807) is 0 Å². The van der Waals surface area contributed by atoms with Crippen LogP contribution in [0.25, 0.3) is 0 Å². The molecule has 1 heterocycles. The number of benzene rings is 1. The minimum Gasteiger partial charge on any atom is -0.313 e. The van der Waals surface area contributed by atoms with Crippen LogP contribution in [0.3, 0.4) is 0 Å². The molecular weight excluding hydrogens is 256 g/mol. The second-order valence-electron chi connectivity index (χ2n) is 6.69. The van der Waals surface area contributed by atoms with Gasteiger partial charge in [-0.05, 0) is 50.4 Å². The summed E-state index contributed by atoms with van der Waals surface area (Å²) in [5.41, 5.74) is 1.41. The Morgan fingerprint density at radius 3 is 2.43 bits per heavy atom. The van der Waals surface area contributed by atoms with Crippen LogP contribution < -0.4 is 5.32 Å². The maximum absolute atomic E-state index is 3.51. The van der Waals surface area contributed by atoms with Gasteiger partial charge in [-0.3, -0.25) is 0 Å². The number of hydrogen-bond acceptors (Lipinski definition) is 2. The van der Waals surface area contributed by atoms with Crippen LogP contribution in [0.15, 0.2) is 30.3 Å². The molecule has 1 aliphatic heterocycles. The van der Waals surface area contributed by atoms with Crippen molar-refractivity contribution in [1.82, 2.24) is 10.2 Å². The molecule has 0 aliphatic carbocycles. The minimum atomic E-state index is 0.458. The number of piperidine rings is 1. The Hall–Kier alpha value is -0.860. The average Bonchev–Trinajstić information content (AvgIpc) is 2.51. The van der Waals surface area contributed by atoms with E-state index in [4.69, 9.17) is 0 Å². The Kier molecular flexibility index (Phi) is 6.72. The van der Waals surface area contributed by atoms with Crippen molar-refractivity contribution in [2.75, 3.05) is 26.7 Å². The zero-order valence-electron chi connectivity index (χ0n) is 14.0. The van der Waals surface area contributed by atoms with Gasteiger partial charge in [0.15, 0.2) is 0 Å². The lowest BCUT2D eigenvalue weighted by molar-refractivity contribution is 0.148. The van der Waals surface area contributed by atoms with Crippen molar-refractivity contribution in [1.29, 1.82) is 0 Å². The predicted molar refractivity (Wildman–Crippen MR) is 91.5 cm³/mol. The van der Waals surface area contributed by atoms with Gasteiger partial charge in [0.1, 0.15) is 0 Å². The van der Waals surface area contributed by atoms with Crippen molar-refractivity contribution in [2.24, 2.45) is 11.8 Å². The van der Waals surface area contributed by atoms with E-state index in [0.29, 0.717) is 12.0 Å². The van der Waals surface area contributed by atoms with E-state index in [9.17, 15) is 0 Å². The van der Waals surface area contributed by atoms with Crippen LogP contribution in [-0.2, 0) is 0 Å². The van der Waals surface area contributed by atoms with Crippen molar-refractivity contribution >= 4 is 0 Å². The maximum atomic E-state index is 3.51. The van der Waals surface area contributed by atoms with Crippen LogP contribution in [0.1, 0.15) is 51.1 Å². The van der Waals surface area contributed by atoms with Crippen LogP contribution >= 0.6 is 0 Å². The van der Waals surface area contributed by atoms with Crippen molar-refractivity contribution in [3.05, 3.63) is 35.9 Å². The normalized spacial score (nSPS) is 20.3. The van der Waals surface area contributed by atoms with E-state index in [1.807, 2.05) is 0 Å². The molecule has 21 heavy (non-hydrogen) atoms. The third kappa shape index (κ3) is 4.82. The summed E-state index contributed by atoms with van der Waals surface area (Å²) < 4.78 is 0. The molecule has 2 nitrogen and oxygen atoms in total. The van der Waals surface area contributed by atoms with E-state index in [2.05, 4.69) is 61.4 Å². The standard InChI is InChI=1S/C19H32N2/c1-4-8-17-11-13-21(14-12-17)15-16(2)19(20-3)18-9-6-5-7-10-18/h5-7,9-10,16-17,19-20H,4,8,11-15H2,1-3H3. The molecule has 0 aromatic heterocycles. The Labute approximate surface area is 130 Å². The van der Waals surface area contributed by atoms with Crippen LogP contribution in [0.2, 0.25) is 0 Å². The van der Waals surface area contributed by atoms with E-state index >= 15 is 0 Å². The maximum Gasteiger partial charge on any atom is 0.0355 e. The van der Waals surface area contributed by atoms with E-state index in [0.717, 1.165) is 5.92 Å². The Bertz CT molecular complexity index is 382. The monoisotopic (exact) mass is 288 g/mol. The van der Waals surface area contributed by atoms with E-state index < -0.39 is 0 Å². The summed E-state index contributed by atoms with van der Waals surface area (Å²) >= 11 is 0. The highest BCUT2D eigenvalue weighted by Gasteiger charge is 2.23. The highest BCUT2D eigenvalue weighted by atomic mass is 15.1. The van der Waals surface area contributed by atoms with Gasteiger partial charge in [0.2, 0.25) is 0 Å². The van der Waals surface area contributed by atoms with Gasteiger partial charge in [0.25, 0.3) is 0 Å². The van der Waals surface area contributed by atoms with Crippen molar-refractivity contribution < 1.29 is 0 Å². The first-order valence-corrected chi connectivity index (χ1v) is 8.69. The van der Waals surface area contributed by atoms with Crippen LogP contribution in [0.4, 0.5) is 0 Å². The van der Waals surface area contributed by atoms with Gasteiger partial charge in [-0.1, -0.05) is 57.0 Å². The summed E-state index contributed by atoms with van der Waals surface area (Å²) in [5.74, 6) is 1.62. The molecule has 1 aromatic rings. The molecule has 118 valence electrons. The van der Waals surface area contributed by atoms with Gasteiger partial charge < -0.3 is 10.2 Å². The second-order valence-corrected chi connectivity index (χ2v) is 6.69. The highest BCUT2D eigenvalue weighted by Crippen LogP contribution is 2.26. The number of rotatable bonds is 7. The number of nitrogens with zero attached hydrogens (tertiary/aromatic N) is 1. The fourth-order valence-corrected chi connectivity index (χ4v) is 3.82. The first-order valence-electron chi connectivity index (χ1n) is 8.69. The van der Waals surface area contributed by atoms with Crippen molar-refractivity contribution in [3.8, 4) is 0 Å². The molecule has 2 heteroatoms. The number of likely N-dealkylation sites (tertiary alicyclic amines) is 1. The first kappa shape index (κ1) is 16.5. The molecule has 2 atom stereocenters. The lowest BCUT2D eigenvalue weighted by atomic mass is 9.90. The summed E-state index contributed by atoms with van der Waals surface area (Å²) in [7, 11) is 2.08. The fraction of sp³-hybridized carbons (Fsp3) is 0.684. The summed E-state index contributed by atoms with van der Waals surface area (Å²) in [6.07, 6.45) is 5.57. The van der Waals surface area contributed by atoms with Crippen molar-refractivity contribution in [2.45, 2.75) is 45.6 Å². The minimum absolute atomic E-state index is 0.458. The molecule has 0 amide bonds. The van der Waals surface area contributed by atoms with Crippen LogP contribution in [-0.4, -0.2) is 31.6 Å². The summed E-state index contributed by atoms with van der Waals surface area (Å²) in [4.78, 5) is 2.67. The number of hydrogen-bond donors (Lipinski definition) is 1. The molecule has 2 unspecified atom stereocenters. The molecule has 0 radical (unpaired) electrons. The largest absolute Gasteiger partial charge is 0.313 e. The van der Waals surface area contributed by atoms with Gasteiger partial charge in [0.05, 0.1) is 0 Å². The van der Waals surface area contributed by atoms with E-state index in [-0.39, 0.29) is 0 Å². The quantitative estimate of drug-likeness (QED) is 0.813. The highest BCUT2D eigenvalue weighted by molar-refractivity contribution is 5.19. The van der Waals surface area contributed by atoms with Crippen LogP contribution in [0, 0.1) is 11.8 Å². The predicted octanol–water partition coefficient (Wildman–Crippen LogP) is 4.10. The molecule has 0 saturated carbocycles. The average molecular weight is 288 g/mol. The van der Waals surface area contributed by atoms with Gasteiger partial charge in [-0.15, -0.1) is 0 Å². The second kappa shape index (κ2) is 8.55. The molecule has 1 aliphatic rings. The molecular formula is C19H32N2. The first-order chi connectivity index (χ1) is 10.2. The van der Waals surface area contributed by atoms with Gasteiger partial charge in [0, 0.05) is 12.6 Å².